The lowest BCUT2D eigenvalue weighted by Gasteiger charge is -2.21. The van der Waals surface area contributed by atoms with E-state index in [1.54, 1.807) is 6.21 Å². The maximum atomic E-state index is 11.9. The number of hydrogen-bond acceptors (Lipinski definition) is 1. The first-order valence-corrected chi connectivity index (χ1v) is 8.63. The lowest BCUT2D eigenvalue weighted by atomic mass is 9.84. The molecule has 1 unspecified atom stereocenters. The van der Waals surface area contributed by atoms with Crippen molar-refractivity contribution < 1.29 is 4.21 Å². The maximum absolute atomic E-state index is 11.9. The van der Waals surface area contributed by atoms with Gasteiger partial charge in [0.15, 0.2) is 0 Å². The van der Waals surface area contributed by atoms with Crippen molar-refractivity contribution in [3.8, 4) is 0 Å². The molecule has 1 aliphatic carbocycles. The fourth-order valence-corrected chi connectivity index (χ4v) is 3.09. The van der Waals surface area contributed by atoms with E-state index in [0.717, 1.165) is 11.5 Å². The third-order valence-electron chi connectivity index (χ3n) is 3.83. The average Bonchev–Trinajstić information content (AvgIpc) is 2.45. The van der Waals surface area contributed by atoms with Crippen LogP contribution >= 0.6 is 0 Å². The van der Waals surface area contributed by atoms with Crippen molar-refractivity contribution in [2.45, 2.75) is 63.5 Å². The van der Waals surface area contributed by atoms with Crippen LogP contribution in [0.1, 0.15) is 69.9 Å². The monoisotopic (exact) mass is 291 g/mol. The molecular weight excluding hydrogens is 266 g/mol. The minimum Gasteiger partial charge on any atom is -0.234 e. The molecule has 20 heavy (non-hydrogen) atoms. The van der Waals surface area contributed by atoms with E-state index >= 15 is 0 Å². The van der Waals surface area contributed by atoms with Gasteiger partial charge in [-0.15, -0.1) is 0 Å². The highest BCUT2D eigenvalue weighted by atomic mass is 32.2. The summed E-state index contributed by atoms with van der Waals surface area (Å²) in [4.78, 5) is 0. The molecule has 0 radical (unpaired) electrons. The van der Waals surface area contributed by atoms with E-state index in [-0.39, 0.29) is 4.75 Å². The van der Waals surface area contributed by atoms with E-state index in [1.165, 1.54) is 37.7 Å². The van der Waals surface area contributed by atoms with E-state index < -0.39 is 11.0 Å². The smallest absolute Gasteiger partial charge is 0.144 e. The normalized spacial score (nSPS) is 19.4. The molecule has 0 aromatic heterocycles. The summed E-state index contributed by atoms with van der Waals surface area (Å²) >= 11 is 0. The predicted molar refractivity (Wildman–Crippen MR) is 87.8 cm³/mol. The zero-order chi connectivity index (χ0) is 14.6. The van der Waals surface area contributed by atoms with Gasteiger partial charge in [0.1, 0.15) is 11.0 Å². The molecule has 0 N–H and O–H groups in total. The van der Waals surface area contributed by atoms with Gasteiger partial charge in [0.05, 0.1) is 4.75 Å². The lowest BCUT2D eigenvalue weighted by molar-refractivity contribution is 0.443. The van der Waals surface area contributed by atoms with Gasteiger partial charge in [0, 0.05) is 6.21 Å². The molecule has 0 amide bonds. The Morgan fingerprint density at radius 3 is 2.25 bits per heavy atom. The Bertz CT molecular complexity index is 479. The molecule has 1 aromatic rings. The molecule has 1 aliphatic rings. The molecule has 1 aromatic carbocycles. The van der Waals surface area contributed by atoms with Crippen molar-refractivity contribution in [3.63, 3.8) is 0 Å². The van der Waals surface area contributed by atoms with Crippen LogP contribution < -0.4 is 0 Å². The molecule has 1 fully saturated rings. The molecule has 0 spiro atoms. The summed E-state index contributed by atoms with van der Waals surface area (Å²) in [6.07, 6.45) is 8.48. The zero-order valence-corrected chi connectivity index (χ0v) is 13.6. The Morgan fingerprint density at radius 1 is 1.10 bits per heavy atom. The van der Waals surface area contributed by atoms with Crippen molar-refractivity contribution in [3.05, 3.63) is 35.4 Å². The second-order valence-electron chi connectivity index (χ2n) is 6.60. The standard InChI is InChI=1S/C17H25NOS/c1-17(2,3)20(19)18-13-14-9-11-16(12-10-14)15-7-5-4-6-8-15/h9-13,15H,4-8H2,1-3H3/b18-13+. The molecule has 2 nitrogen and oxygen atoms in total. The first-order chi connectivity index (χ1) is 9.47. The molecule has 1 saturated carbocycles. The van der Waals surface area contributed by atoms with Crippen LogP contribution in [-0.4, -0.2) is 15.2 Å². The first kappa shape index (κ1) is 15.4. The van der Waals surface area contributed by atoms with Crippen LogP contribution in [0.2, 0.25) is 0 Å². The third kappa shape index (κ3) is 4.27. The van der Waals surface area contributed by atoms with Crippen molar-refractivity contribution in [2.75, 3.05) is 0 Å². The van der Waals surface area contributed by atoms with Gasteiger partial charge in [-0.2, -0.15) is 4.40 Å². The highest BCUT2D eigenvalue weighted by Gasteiger charge is 2.18. The van der Waals surface area contributed by atoms with Gasteiger partial charge in [-0.3, -0.25) is 0 Å². The summed E-state index contributed by atoms with van der Waals surface area (Å²) in [5.41, 5.74) is 2.47. The minimum atomic E-state index is -1.18. The van der Waals surface area contributed by atoms with Crippen molar-refractivity contribution in [2.24, 2.45) is 4.40 Å². The second kappa shape index (κ2) is 6.66. The van der Waals surface area contributed by atoms with E-state index in [1.807, 2.05) is 20.8 Å². The molecule has 0 saturated heterocycles. The van der Waals surface area contributed by atoms with Gasteiger partial charge < -0.3 is 0 Å². The first-order valence-electron chi connectivity index (χ1n) is 7.53. The van der Waals surface area contributed by atoms with Crippen LogP contribution in [0, 0.1) is 0 Å². The maximum Gasteiger partial charge on any atom is 0.144 e. The molecule has 0 heterocycles. The SMILES string of the molecule is CC(C)(C)S(=O)/N=C/c1ccc(C2CCCCC2)cc1. The Hall–Kier alpha value is -0.960. The van der Waals surface area contributed by atoms with Gasteiger partial charge in [-0.05, 0) is 50.7 Å². The number of benzene rings is 1. The Morgan fingerprint density at radius 2 is 1.70 bits per heavy atom. The van der Waals surface area contributed by atoms with Gasteiger partial charge in [0.2, 0.25) is 0 Å². The Balaban J connectivity index is 2.01. The third-order valence-corrected chi connectivity index (χ3v) is 5.18. The molecule has 3 heteroatoms. The summed E-state index contributed by atoms with van der Waals surface area (Å²) in [6.45, 7) is 5.81. The summed E-state index contributed by atoms with van der Waals surface area (Å²) < 4.78 is 15.7. The van der Waals surface area contributed by atoms with E-state index in [4.69, 9.17) is 0 Å². The molecule has 110 valence electrons. The van der Waals surface area contributed by atoms with Crippen LogP contribution in [-0.2, 0) is 11.0 Å². The number of hydrogen-bond donors (Lipinski definition) is 0. The number of rotatable bonds is 3. The molecule has 2 rings (SSSR count). The summed E-state index contributed by atoms with van der Waals surface area (Å²) in [6, 6.07) is 8.59. The van der Waals surface area contributed by atoms with E-state index in [2.05, 4.69) is 28.7 Å². The van der Waals surface area contributed by atoms with Crippen LogP contribution in [0.3, 0.4) is 0 Å². The van der Waals surface area contributed by atoms with E-state index in [0.29, 0.717) is 0 Å². The Labute approximate surface area is 125 Å². The summed E-state index contributed by atoms with van der Waals surface area (Å²) in [5, 5.41) is 0. The summed E-state index contributed by atoms with van der Waals surface area (Å²) in [7, 11) is -1.18. The van der Waals surface area contributed by atoms with Crippen molar-refractivity contribution in [1.82, 2.24) is 0 Å². The van der Waals surface area contributed by atoms with Crippen LogP contribution in [0.25, 0.3) is 0 Å². The van der Waals surface area contributed by atoms with Crippen LogP contribution in [0.15, 0.2) is 28.7 Å². The Kier molecular flexibility index (Phi) is 5.14. The van der Waals surface area contributed by atoms with Crippen LogP contribution in [0.5, 0.6) is 0 Å². The lowest BCUT2D eigenvalue weighted by Crippen LogP contribution is -2.19. The van der Waals surface area contributed by atoms with Gasteiger partial charge >= 0.3 is 0 Å². The highest BCUT2D eigenvalue weighted by Crippen LogP contribution is 2.32. The van der Waals surface area contributed by atoms with Crippen LogP contribution in [0.4, 0.5) is 0 Å². The molecule has 1 atom stereocenters. The molecular formula is C17H25NOS. The molecule has 0 bridgehead atoms. The van der Waals surface area contributed by atoms with Crippen molar-refractivity contribution >= 4 is 17.2 Å². The fourth-order valence-electron chi connectivity index (χ4n) is 2.56. The minimum absolute atomic E-state index is 0.293. The van der Waals surface area contributed by atoms with Crippen molar-refractivity contribution in [1.29, 1.82) is 0 Å². The van der Waals surface area contributed by atoms with Gasteiger partial charge in [0.25, 0.3) is 0 Å². The summed E-state index contributed by atoms with van der Waals surface area (Å²) in [5.74, 6) is 0.735. The topological polar surface area (TPSA) is 29.4 Å². The molecule has 0 aliphatic heterocycles. The van der Waals surface area contributed by atoms with Gasteiger partial charge in [-0.1, -0.05) is 43.5 Å². The largest absolute Gasteiger partial charge is 0.234 e. The van der Waals surface area contributed by atoms with Gasteiger partial charge in [-0.25, -0.2) is 4.21 Å². The quantitative estimate of drug-likeness (QED) is 0.747. The fraction of sp³-hybridized carbons (Fsp3) is 0.588. The average molecular weight is 291 g/mol. The van der Waals surface area contributed by atoms with E-state index in [9.17, 15) is 4.21 Å². The second-order valence-corrected chi connectivity index (χ2v) is 8.53. The highest BCUT2D eigenvalue weighted by molar-refractivity contribution is 7.85. The zero-order valence-electron chi connectivity index (χ0n) is 12.8. The predicted octanol–water partition coefficient (Wildman–Crippen LogP) is 4.62. The number of nitrogens with zero attached hydrogens (tertiary/aromatic N) is 1.